The van der Waals surface area contributed by atoms with E-state index >= 15 is 0 Å². The first-order chi connectivity index (χ1) is 4.84. The van der Waals surface area contributed by atoms with Gasteiger partial charge < -0.3 is 5.32 Å². The predicted molar refractivity (Wildman–Crippen MR) is 43.6 cm³/mol. The summed E-state index contributed by atoms with van der Waals surface area (Å²) in [6.07, 6.45) is 0. The van der Waals surface area contributed by atoms with Crippen LogP contribution in [0.3, 0.4) is 0 Å². The van der Waals surface area contributed by atoms with Crippen molar-refractivity contribution in [1.82, 2.24) is 5.32 Å². The molecular formula is C9H12N. The molecule has 53 valence electrons. The molecule has 10 heavy (non-hydrogen) atoms. The van der Waals surface area contributed by atoms with E-state index in [1.54, 1.807) is 0 Å². The van der Waals surface area contributed by atoms with Gasteiger partial charge in [-0.3, -0.25) is 0 Å². The third kappa shape index (κ3) is 1.58. The second-order valence-corrected chi connectivity index (χ2v) is 2.25. The van der Waals surface area contributed by atoms with E-state index in [4.69, 9.17) is 0 Å². The van der Waals surface area contributed by atoms with E-state index in [-0.39, 0.29) is 6.04 Å². The molecule has 0 fully saturated rings. The van der Waals surface area contributed by atoms with Crippen LogP contribution in [0.25, 0.3) is 0 Å². The maximum Gasteiger partial charge on any atom is 0.0318 e. The second kappa shape index (κ2) is 3.37. The Hall–Kier alpha value is -0.820. The van der Waals surface area contributed by atoms with E-state index in [1.165, 1.54) is 5.56 Å². The molecular weight excluding hydrogens is 122 g/mol. The summed E-state index contributed by atoms with van der Waals surface area (Å²) >= 11 is 0. The lowest BCUT2D eigenvalue weighted by molar-refractivity contribution is 0.711. The molecule has 0 amide bonds. The van der Waals surface area contributed by atoms with Crippen molar-refractivity contribution >= 4 is 0 Å². The summed E-state index contributed by atoms with van der Waals surface area (Å²) < 4.78 is 0. The van der Waals surface area contributed by atoms with E-state index in [0.717, 1.165) is 0 Å². The normalized spacial score (nSPS) is 13.0. The zero-order chi connectivity index (χ0) is 7.40. The molecule has 1 aromatic rings. The maximum absolute atomic E-state index is 3.92. The summed E-state index contributed by atoms with van der Waals surface area (Å²) in [6, 6.07) is 10.4. The van der Waals surface area contributed by atoms with Crippen molar-refractivity contribution in [3.63, 3.8) is 0 Å². The van der Waals surface area contributed by atoms with Crippen LogP contribution in [-0.4, -0.2) is 7.05 Å². The Balaban J connectivity index is 2.75. The molecule has 0 aromatic heterocycles. The first-order valence-corrected chi connectivity index (χ1v) is 3.40. The molecule has 1 heteroatoms. The molecule has 0 aliphatic rings. The van der Waals surface area contributed by atoms with Crippen LogP contribution in [0.2, 0.25) is 0 Å². The average molecular weight is 134 g/mol. The van der Waals surface area contributed by atoms with Gasteiger partial charge in [-0.1, -0.05) is 30.3 Å². The fourth-order valence-electron chi connectivity index (χ4n) is 0.852. The molecule has 0 saturated carbocycles. The third-order valence-electron chi connectivity index (χ3n) is 1.55. The first-order valence-electron chi connectivity index (χ1n) is 3.40. The van der Waals surface area contributed by atoms with Crippen LogP contribution in [0.4, 0.5) is 0 Å². The standard InChI is InChI=1S/C9H12N/c1-8(10-2)9-6-4-3-5-7-9/h3-8,10H,1H2,2H3/t8-/m0/s1. The Morgan fingerprint density at radius 2 is 1.90 bits per heavy atom. The monoisotopic (exact) mass is 134 g/mol. The number of hydrogen-bond donors (Lipinski definition) is 1. The van der Waals surface area contributed by atoms with Gasteiger partial charge >= 0.3 is 0 Å². The summed E-state index contributed by atoms with van der Waals surface area (Å²) in [4.78, 5) is 0. The highest BCUT2D eigenvalue weighted by atomic mass is 14.8. The minimum Gasteiger partial charge on any atom is -0.313 e. The lowest BCUT2D eigenvalue weighted by atomic mass is 10.1. The van der Waals surface area contributed by atoms with E-state index in [2.05, 4.69) is 24.4 Å². The maximum atomic E-state index is 3.92. The van der Waals surface area contributed by atoms with Crippen LogP contribution in [0.15, 0.2) is 30.3 Å². The second-order valence-electron chi connectivity index (χ2n) is 2.25. The zero-order valence-electron chi connectivity index (χ0n) is 6.17. The Kier molecular flexibility index (Phi) is 2.46. The van der Waals surface area contributed by atoms with Crippen molar-refractivity contribution in [3.05, 3.63) is 42.8 Å². The highest BCUT2D eigenvalue weighted by Gasteiger charge is 1.98. The van der Waals surface area contributed by atoms with Crippen LogP contribution in [-0.2, 0) is 0 Å². The molecule has 1 aromatic carbocycles. The summed E-state index contributed by atoms with van der Waals surface area (Å²) in [5.41, 5.74) is 1.23. The Bertz CT molecular complexity index is 181. The SMILES string of the molecule is [CH2][C@H](NC)c1ccccc1. The van der Waals surface area contributed by atoms with Gasteiger partial charge in [0.1, 0.15) is 0 Å². The molecule has 0 heterocycles. The molecule has 0 spiro atoms. The lowest BCUT2D eigenvalue weighted by Crippen LogP contribution is -2.12. The van der Waals surface area contributed by atoms with Crippen LogP contribution >= 0.6 is 0 Å². The average Bonchev–Trinajstić information content (AvgIpc) is 2.05. The number of rotatable bonds is 2. The van der Waals surface area contributed by atoms with Gasteiger partial charge in [-0.2, -0.15) is 0 Å². The van der Waals surface area contributed by atoms with Crippen LogP contribution in [0.1, 0.15) is 11.6 Å². The molecule has 1 radical (unpaired) electrons. The molecule has 0 aliphatic heterocycles. The largest absolute Gasteiger partial charge is 0.313 e. The van der Waals surface area contributed by atoms with Gasteiger partial charge in [-0.05, 0) is 19.5 Å². The first kappa shape index (κ1) is 7.29. The van der Waals surface area contributed by atoms with Gasteiger partial charge in [0.05, 0.1) is 0 Å². The Morgan fingerprint density at radius 3 is 2.40 bits per heavy atom. The summed E-state index contributed by atoms with van der Waals surface area (Å²) in [7, 11) is 1.91. The molecule has 0 aliphatic carbocycles. The van der Waals surface area contributed by atoms with Crippen molar-refractivity contribution in [2.24, 2.45) is 0 Å². The van der Waals surface area contributed by atoms with Gasteiger partial charge in [0.25, 0.3) is 0 Å². The van der Waals surface area contributed by atoms with Gasteiger partial charge in [-0.15, -0.1) is 0 Å². The number of nitrogens with one attached hydrogen (secondary N) is 1. The zero-order valence-corrected chi connectivity index (χ0v) is 6.17. The lowest BCUT2D eigenvalue weighted by Gasteiger charge is -2.08. The molecule has 1 N–H and O–H groups in total. The third-order valence-corrected chi connectivity index (χ3v) is 1.55. The van der Waals surface area contributed by atoms with E-state index in [0.29, 0.717) is 0 Å². The van der Waals surface area contributed by atoms with Gasteiger partial charge in [0.15, 0.2) is 0 Å². The van der Waals surface area contributed by atoms with Crippen molar-refractivity contribution in [2.75, 3.05) is 7.05 Å². The number of benzene rings is 1. The summed E-state index contributed by atoms with van der Waals surface area (Å²) in [5.74, 6) is 0. The quantitative estimate of drug-likeness (QED) is 0.650. The van der Waals surface area contributed by atoms with Crippen LogP contribution < -0.4 is 5.32 Å². The van der Waals surface area contributed by atoms with Crippen molar-refractivity contribution in [1.29, 1.82) is 0 Å². The van der Waals surface area contributed by atoms with Crippen LogP contribution in [0, 0.1) is 6.92 Å². The molecule has 0 unspecified atom stereocenters. The molecule has 0 saturated heterocycles. The Morgan fingerprint density at radius 1 is 1.30 bits per heavy atom. The fourth-order valence-corrected chi connectivity index (χ4v) is 0.852. The molecule has 1 atom stereocenters. The van der Waals surface area contributed by atoms with Crippen molar-refractivity contribution in [3.8, 4) is 0 Å². The van der Waals surface area contributed by atoms with Gasteiger partial charge in [-0.25, -0.2) is 0 Å². The van der Waals surface area contributed by atoms with Gasteiger partial charge in [0, 0.05) is 6.04 Å². The molecule has 0 bridgehead atoms. The van der Waals surface area contributed by atoms with Gasteiger partial charge in [0.2, 0.25) is 0 Å². The number of hydrogen-bond acceptors (Lipinski definition) is 1. The predicted octanol–water partition coefficient (Wildman–Crippen LogP) is 1.78. The van der Waals surface area contributed by atoms with Crippen LogP contribution in [0.5, 0.6) is 0 Å². The summed E-state index contributed by atoms with van der Waals surface area (Å²) in [6.45, 7) is 3.92. The molecule has 1 rings (SSSR count). The summed E-state index contributed by atoms with van der Waals surface area (Å²) in [5, 5.41) is 3.07. The minimum atomic E-state index is 0.209. The van der Waals surface area contributed by atoms with E-state index < -0.39 is 0 Å². The topological polar surface area (TPSA) is 12.0 Å². The highest BCUT2D eigenvalue weighted by Crippen LogP contribution is 2.08. The fraction of sp³-hybridized carbons (Fsp3) is 0.222. The van der Waals surface area contributed by atoms with E-state index in [1.807, 2.05) is 25.2 Å². The van der Waals surface area contributed by atoms with E-state index in [9.17, 15) is 0 Å². The molecule has 1 nitrogen and oxygen atoms in total. The van der Waals surface area contributed by atoms with Crippen molar-refractivity contribution < 1.29 is 0 Å². The highest BCUT2D eigenvalue weighted by molar-refractivity contribution is 5.19. The van der Waals surface area contributed by atoms with Crippen molar-refractivity contribution in [2.45, 2.75) is 6.04 Å². The smallest absolute Gasteiger partial charge is 0.0318 e. The Labute approximate surface area is 62.1 Å². The minimum absolute atomic E-state index is 0.209.